The average Bonchev–Trinajstić information content (AvgIpc) is 2.69. The average molecular weight is 390 g/mol. The van der Waals surface area contributed by atoms with E-state index in [2.05, 4.69) is 37.2 Å². The number of hydrogen-bond acceptors (Lipinski definition) is 3. The zero-order valence-electron chi connectivity index (χ0n) is 9.46. The fraction of sp³-hybridized carbons (Fsp3) is 0.0833. The van der Waals surface area contributed by atoms with Crippen LogP contribution in [0.3, 0.4) is 0 Å². The van der Waals surface area contributed by atoms with Gasteiger partial charge in [0.25, 0.3) is 5.91 Å². The van der Waals surface area contributed by atoms with E-state index in [1.165, 1.54) is 11.3 Å². The Labute approximate surface area is 126 Å². The number of nitrogens with one attached hydrogen (secondary N) is 1. The van der Waals surface area contributed by atoms with Crippen LogP contribution in [0.4, 0.5) is 11.4 Å². The fourth-order valence-corrected chi connectivity index (χ4v) is 3.66. The first kappa shape index (κ1) is 13.6. The molecule has 0 aliphatic carbocycles. The van der Waals surface area contributed by atoms with Crippen LogP contribution in [0.15, 0.2) is 32.5 Å². The maximum atomic E-state index is 12.1. The number of rotatable bonds is 2. The molecule has 0 bridgehead atoms. The number of nitrogen functional groups attached to an aromatic ring is 1. The lowest BCUT2D eigenvalue weighted by Gasteiger charge is -2.11. The van der Waals surface area contributed by atoms with Crippen molar-refractivity contribution < 1.29 is 4.79 Å². The largest absolute Gasteiger partial charge is 0.397 e. The van der Waals surface area contributed by atoms with E-state index in [4.69, 9.17) is 5.73 Å². The van der Waals surface area contributed by atoms with Crippen molar-refractivity contribution in [3.8, 4) is 0 Å². The molecule has 1 aromatic heterocycles. The minimum atomic E-state index is -0.173. The molecule has 94 valence electrons. The molecule has 18 heavy (non-hydrogen) atoms. The Bertz CT molecular complexity index is 587. The molecule has 0 aliphatic heterocycles. The lowest BCUT2D eigenvalue weighted by molar-refractivity contribution is 0.103. The molecule has 1 amide bonds. The van der Waals surface area contributed by atoms with Gasteiger partial charge in [0.15, 0.2) is 0 Å². The summed E-state index contributed by atoms with van der Waals surface area (Å²) in [6, 6.07) is 5.58. The van der Waals surface area contributed by atoms with Gasteiger partial charge in [-0.25, -0.2) is 0 Å². The van der Waals surface area contributed by atoms with Crippen LogP contribution in [-0.4, -0.2) is 5.91 Å². The Balaban J connectivity index is 2.31. The molecule has 0 atom stereocenters. The number of hydrogen-bond donors (Lipinski definition) is 2. The molecule has 0 unspecified atom stereocenters. The minimum absolute atomic E-state index is 0.173. The van der Waals surface area contributed by atoms with Crippen LogP contribution >= 0.6 is 43.2 Å². The summed E-state index contributed by atoms with van der Waals surface area (Å²) < 4.78 is 1.56. The third-order valence-electron chi connectivity index (χ3n) is 2.33. The van der Waals surface area contributed by atoms with E-state index in [1.54, 1.807) is 0 Å². The number of carbonyl (C=O) groups excluding carboxylic acids is 1. The predicted octanol–water partition coefficient (Wildman–Crippen LogP) is 4.42. The molecule has 0 radical (unpaired) electrons. The van der Waals surface area contributed by atoms with Crippen molar-refractivity contribution in [3.63, 3.8) is 0 Å². The molecule has 2 aromatic rings. The minimum Gasteiger partial charge on any atom is -0.397 e. The van der Waals surface area contributed by atoms with Crippen LogP contribution in [-0.2, 0) is 0 Å². The van der Waals surface area contributed by atoms with Crippen molar-refractivity contribution in [2.75, 3.05) is 11.1 Å². The third-order valence-corrected chi connectivity index (χ3v) is 4.79. The van der Waals surface area contributed by atoms with E-state index in [9.17, 15) is 4.79 Å². The van der Waals surface area contributed by atoms with Gasteiger partial charge in [0.2, 0.25) is 0 Å². The maximum absolute atomic E-state index is 12.1. The molecule has 1 aromatic carbocycles. The second-order valence-corrected chi connectivity index (χ2v) is 6.39. The van der Waals surface area contributed by atoms with Crippen LogP contribution < -0.4 is 11.1 Å². The second kappa shape index (κ2) is 5.42. The van der Waals surface area contributed by atoms with Crippen molar-refractivity contribution in [1.82, 2.24) is 0 Å². The Kier molecular flexibility index (Phi) is 4.09. The molecular formula is C12H10Br2N2OS. The van der Waals surface area contributed by atoms with E-state index in [1.807, 2.05) is 30.5 Å². The Morgan fingerprint density at radius 3 is 2.61 bits per heavy atom. The number of amides is 1. The molecule has 0 aliphatic rings. The van der Waals surface area contributed by atoms with Gasteiger partial charge in [0.1, 0.15) is 4.88 Å². The predicted molar refractivity (Wildman–Crippen MR) is 83.3 cm³/mol. The van der Waals surface area contributed by atoms with Gasteiger partial charge in [-0.2, -0.15) is 0 Å². The molecule has 3 nitrogen and oxygen atoms in total. The van der Waals surface area contributed by atoms with E-state index in [0.29, 0.717) is 16.3 Å². The lowest BCUT2D eigenvalue weighted by Crippen LogP contribution is -2.13. The van der Waals surface area contributed by atoms with Crippen LogP contribution in [0.25, 0.3) is 0 Å². The Morgan fingerprint density at radius 2 is 2.06 bits per heavy atom. The quantitative estimate of drug-likeness (QED) is 0.747. The number of carbonyl (C=O) groups is 1. The van der Waals surface area contributed by atoms with Crippen molar-refractivity contribution in [3.05, 3.63) is 43.0 Å². The van der Waals surface area contributed by atoms with Crippen LogP contribution in [0.1, 0.15) is 15.2 Å². The second-order valence-electron chi connectivity index (χ2n) is 3.76. The number of aryl methyl sites for hydroxylation is 1. The van der Waals surface area contributed by atoms with E-state index in [-0.39, 0.29) is 5.91 Å². The molecule has 0 fully saturated rings. The maximum Gasteiger partial charge on any atom is 0.266 e. The third kappa shape index (κ3) is 2.76. The van der Waals surface area contributed by atoms with Gasteiger partial charge in [-0.05, 0) is 67.9 Å². The summed E-state index contributed by atoms with van der Waals surface area (Å²) >= 11 is 8.12. The number of benzene rings is 1. The Hall–Kier alpha value is -0.850. The van der Waals surface area contributed by atoms with Gasteiger partial charge < -0.3 is 11.1 Å². The van der Waals surface area contributed by atoms with Crippen molar-refractivity contribution in [2.45, 2.75) is 6.92 Å². The van der Waals surface area contributed by atoms with E-state index in [0.717, 1.165) is 14.5 Å². The summed E-state index contributed by atoms with van der Waals surface area (Å²) in [6.45, 7) is 1.95. The zero-order chi connectivity index (χ0) is 13.3. The SMILES string of the molecule is Cc1cc(N)c(NC(=O)c2sccc2Br)c(Br)c1. The molecule has 1 heterocycles. The summed E-state index contributed by atoms with van der Waals surface area (Å²) in [7, 11) is 0. The lowest BCUT2D eigenvalue weighted by atomic mass is 10.2. The summed E-state index contributed by atoms with van der Waals surface area (Å²) in [5.41, 5.74) is 8.09. The van der Waals surface area contributed by atoms with E-state index < -0.39 is 0 Å². The van der Waals surface area contributed by atoms with Crippen molar-refractivity contribution in [1.29, 1.82) is 0 Å². The van der Waals surface area contributed by atoms with Crippen LogP contribution in [0.5, 0.6) is 0 Å². The molecule has 6 heteroatoms. The number of thiophene rings is 1. The summed E-state index contributed by atoms with van der Waals surface area (Å²) in [6.07, 6.45) is 0. The number of nitrogens with two attached hydrogens (primary N) is 1. The molecule has 0 saturated carbocycles. The first-order valence-corrected chi connectivity index (χ1v) is 7.55. The highest BCUT2D eigenvalue weighted by Crippen LogP contribution is 2.32. The molecule has 3 N–H and O–H groups in total. The molecule has 0 saturated heterocycles. The highest BCUT2D eigenvalue weighted by molar-refractivity contribution is 9.11. The van der Waals surface area contributed by atoms with Crippen molar-refractivity contribution in [2.24, 2.45) is 0 Å². The van der Waals surface area contributed by atoms with Crippen LogP contribution in [0, 0.1) is 6.92 Å². The van der Waals surface area contributed by atoms with Gasteiger partial charge in [-0.3, -0.25) is 4.79 Å². The number of anilines is 2. The van der Waals surface area contributed by atoms with Gasteiger partial charge in [-0.1, -0.05) is 0 Å². The molecule has 0 spiro atoms. The smallest absolute Gasteiger partial charge is 0.266 e. The van der Waals surface area contributed by atoms with Gasteiger partial charge in [0.05, 0.1) is 11.4 Å². The first-order valence-electron chi connectivity index (χ1n) is 5.09. The van der Waals surface area contributed by atoms with Gasteiger partial charge in [0, 0.05) is 8.95 Å². The summed E-state index contributed by atoms with van der Waals surface area (Å²) in [4.78, 5) is 12.7. The Morgan fingerprint density at radius 1 is 1.33 bits per heavy atom. The zero-order valence-corrected chi connectivity index (χ0v) is 13.4. The summed E-state index contributed by atoms with van der Waals surface area (Å²) in [5.74, 6) is -0.173. The fourth-order valence-electron chi connectivity index (χ4n) is 1.53. The van der Waals surface area contributed by atoms with Crippen molar-refractivity contribution >= 4 is 60.5 Å². The van der Waals surface area contributed by atoms with E-state index >= 15 is 0 Å². The molecule has 2 rings (SSSR count). The normalized spacial score (nSPS) is 10.4. The highest BCUT2D eigenvalue weighted by Gasteiger charge is 2.14. The highest BCUT2D eigenvalue weighted by atomic mass is 79.9. The monoisotopic (exact) mass is 388 g/mol. The first-order chi connectivity index (χ1) is 8.49. The van der Waals surface area contributed by atoms with Gasteiger partial charge in [-0.15, -0.1) is 11.3 Å². The van der Waals surface area contributed by atoms with Gasteiger partial charge >= 0.3 is 0 Å². The summed E-state index contributed by atoms with van der Waals surface area (Å²) in [5, 5.41) is 4.67. The topological polar surface area (TPSA) is 55.1 Å². The number of halogens is 2. The molecular weight excluding hydrogens is 380 g/mol. The standard InChI is InChI=1S/C12H10Br2N2OS/c1-6-4-8(14)10(9(15)5-6)16-12(17)11-7(13)2-3-18-11/h2-5H,15H2,1H3,(H,16,17). The van der Waals surface area contributed by atoms with Crippen LogP contribution in [0.2, 0.25) is 0 Å².